The number of halogens is 1. The van der Waals surface area contributed by atoms with Gasteiger partial charge < -0.3 is 10.6 Å². The van der Waals surface area contributed by atoms with Gasteiger partial charge in [-0.1, -0.05) is 36.8 Å². The number of benzene rings is 1. The van der Waals surface area contributed by atoms with Gasteiger partial charge >= 0.3 is 0 Å². The molecule has 0 spiro atoms. The maximum atomic E-state index is 9.42. The molecule has 1 atom stereocenters. The highest BCUT2D eigenvalue weighted by atomic mass is 35.5. The molecule has 0 aliphatic heterocycles. The molecule has 0 fully saturated rings. The first kappa shape index (κ1) is 20.7. The molecule has 142 valence electrons. The minimum absolute atomic E-state index is 0.232. The van der Waals surface area contributed by atoms with Crippen LogP contribution in [0.4, 0.5) is 5.82 Å². The standard InChI is InChI=1S/C21H26ClN5/c1-4-16(2)14-21(3,15-23)10-7-11-24-12-13-25-19-17-8-5-6-9-18(17)26-20(22)27-19/h5-9,11,14,24H,4,10,12-13H2,1-3H3,(H,25,26,27)/b11-7+,16-14+. The van der Waals surface area contributed by atoms with Crippen molar-refractivity contribution in [1.82, 2.24) is 15.3 Å². The predicted octanol–water partition coefficient (Wildman–Crippen LogP) is 5.07. The molecule has 5 nitrogen and oxygen atoms in total. The van der Waals surface area contributed by atoms with Crippen molar-refractivity contribution in [1.29, 1.82) is 5.26 Å². The van der Waals surface area contributed by atoms with E-state index in [1.807, 2.05) is 43.5 Å². The van der Waals surface area contributed by atoms with Gasteiger partial charge in [-0.3, -0.25) is 0 Å². The zero-order chi connectivity index (χ0) is 19.7. The van der Waals surface area contributed by atoms with Gasteiger partial charge in [0, 0.05) is 18.5 Å². The number of nitrogens with one attached hydrogen (secondary N) is 2. The number of hydrogen-bond acceptors (Lipinski definition) is 5. The van der Waals surface area contributed by atoms with Crippen LogP contribution in [0.25, 0.3) is 10.9 Å². The molecule has 1 aromatic heterocycles. The third-order valence-electron chi connectivity index (χ3n) is 4.29. The van der Waals surface area contributed by atoms with Crippen molar-refractivity contribution in [2.75, 3.05) is 18.4 Å². The molecule has 2 N–H and O–H groups in total. The van der Waals surface area contributed by atoms with Gasteiger partial charge in [-0.15, -0.1) is 0 Å². The van der Waals surface area contributed by atoms with E-state index < -0.39 is 5.41 Å². The number of fused-ring (bicyclic) bond motifs is 1. The molecule has 0 aliphatic rings. The van der Waals surface area contributed by atoms with E-state index in [1.165, 1.54) is 5.57 Å². The molecule has 27 heavy (non-hydrogen) atoms. The first-order chi connectivity index (χ1) is 13.0. The average molecular weight is 384 g/mol. The minimum atomic E-state index is -0.465. The summed E-state index contributed by atoms with van der Waals surface area (Å²) in [7, 11) is 0. The largest absolute Gasteiger partial charge is 0.389 e. The van der Waals surface area contributed by atoms with Crippen LogP contribution < -0.4 is 10.6 Å². The Labute approximate surface area is 166 Å². The fourth-order valence-electron chi connectivity index (χ4n) is 2.69. The second kappa shape index (κ2) is 9.94. The number of anilines is 1. The van der Waals surface area contributed by atoms with Crippen LogP contribution in [0, 0.1) is 16.7 Å². The fraction of sp³-hybridized carbons (Fsp3) is 0.381. The lowest BCUT2D eigenvalue weighted by Gasteiger charge is -2.16. The van der Waals surface area contributed by atoms with E-state index in [4.69, 9.17) is 11.6 Å². The first-order valence-corrected chi connectivity index (χ1v) is 9.49. The molecule has 0 aliphatic carbocycles. The summed E-state index contributed by atoms with van der Waals surface area (Å²) >= 11 is 5.99. The average Bonchev–Trinajstić information content (AvgIpc) is 2.66. The summed E-state index contributed by atoms with van der Waals surface area (Å²) in [6.07, 6.45) is 7.60. The highest BCUT2D eigenvalue weighted by molar-refractivity contribution is 6.28. The van der Waals surface area contributed by atoms with E-state index in [0.717, 1.165) is 29.7 Å². The van der Waals surface area contributed by atoms with Crippen LogP contribution in [0.3, 0.4) is 0 Å². The summed E-state index contributed by atoms with van der Waals surface area (Å²) in [5, 5.41) is 17.1. The summed E-state index contributed by atoms with van der Waals surface area (Å²) in [5.74, 6) is 0.730. The van der Waals surface area contributed by atoms with Crippen molar-refractivity contribution in [3.8, 4) is 6.07 Å². The quantitative estimate of drug-likeness (QED) is 0.359. The number of hydrogen-bond donors (Lipinski definition) is 2. The van der Waals surface area contributed by atoms with Crippen molar-refractivity contribution in [2.24, 2.45) is 5.41 Å². The second-order valence-electron chi connectivity index (χ2n) is 6.72. The molecule has 0 bridgehead atoms. The van der Waals surface area contributed by atoms with Crippen LogP contribution in [-0.2, 0) is 0 Å². The Morgan fingerprint density at radius 2 is 2.07 bits per heavy atom. The van der Waals surface area contributed by atoms with E-state index in [-0.39, 0.29) is 5.28 Å². The van der Waals surface area contributed by atoms with Crippen LogP contribution in [0.1, 0.15) is 33.6 Å². The number of nitriles is 1. The highest BCUT2D eigenvalue weighted by Gasteiger charge is 2.18. The van der Waals surface area contributed by atoms with E-state index in [9.17, 15) is 5.26 Å². The van der Waals surface area contributed by atoms with Crippen LogP contribution in [0.2, 0.25) is 5.28 Å². The second-order valence-corrected chi connectivity index (χ2v) is 7.06. The van der Waals surface area contributed by atoms with E-state index in [1.54, 1.807) is 0 Å². The Morgan fingerprint density at radius 3 is 2.81 bits per heavy atom. The third-order valence-corrected chi connectivity index (χ3v) is 4.46. The predicted molar refractivity (Wildman–Crippen MR) is 113 cm³/mol. The zero-order valence-corrected chi connectivity index (χ0v) is 16.8. The van der Waals surface area contributed by atoms with Crippen molar-refractivity contribution in [3.63, 3.8) is 0 Å². The van der Waals surface area contributed by atoms with Gasteiger partial charge in [0.1, 0.15) is 5.82 Å². The van der Waals surface area contributed by atoms with Gasteiger partial charge in [-0.05, 0) is 56.6 Å². The highest BCUT2D eigenvalue weighted by Crippen LogP contribution is 2.25. The van der Waals surface area contributed by atoms with Crippen molar-refractivity contribution >= 4 is 28.3 Å². The van der Waals surface area contributed by atoms with Gasteiger partial charge in [-0.2, -0.15) is 5.26 Å². The van der Waals surface area contributed by atoms with Crippen molar-refractivity contribution < 1.29 is 0 Å². The molecule has 1 aromatic carbocycles. The number of aromatic nitrogens is 2. The Bertz CT molecular complexity index is 868. The Kier molecular flexibility index (Phi) is 7.63. The van der Waals surface area contributed by atoms with Crippen LogP contribution in [-0.4, -0.2) is 23.1 Å². The van der Waals surface area contributed by atoms with Crippen LogP contribution in [0.15, 0.2) is 48.2 Å². The molecule has 0 saturated heterocycles. The lowest BCUT2D eigenvalue weighted by molar-refractivity contribution is 0.570. The lowest BCUT2D eigenvalue weighted by Crippen LogP contribution is -2.18. The molecule has 0 radical (unpaired) electrons. The van der Waals surface area contributed by atoms with Gasteiger partial charge in [0.2, 0.25) is 5.28 Å². The van der Waals surface area contributed by atoms with E-state index in [0.29, 0.717) is 13.0 Å². The smallest absolute Gasteiger partial charge is 0.224 e. The minimum Gasteiger partial charge on any atom is -0.389 e. The monoisotopic (exact) mass is 383 g/mol. The normalized spacial score (nSPS) is 14.1. The molecule has 6 heteroatoms. The number of para-hydroxylation sites is 1. The topological polar surface area (TPSA) is 73.6 Å². The summed E-state index contributed by atoms with van der Waals surface area (Å²) < 4.78 is 0. The molecular weight excluding hydrogens is 358 g/mol. The molecule has 2 aromatic rings. The Morgan fingerprint density at radius 1 is 1.30 bits per heavy atom. The molecule has 2 rings (SSSR count). The molecule has 0 amide bonds. The van der Waals surface area contributed by atoms with Crippen molar-refractivity contribution in [3.05, 3.63) is 53.5 Å². The summed E-state index contributed by atoms with van der Waals surface area (Å²) in [6, 6.07) is 10.2. The number of allylic oxidation sites excluding steroid dienone is 3. The van der Waals surface area contributed by atoms with Gasteiger partial charge in [0.05, 0.1) is 17.0 Å². The molecule has 0 saturated carbocycles. The van der Waals surface area contributed by atoms with E-state index in [2.05, 4.69) is 46.6 Å². The van der Waals surface area contributed by atoms with Gasteiger partial charge in [0.25, 0.3) is 0 Å². The molecule has 1 unspecified atom stereocenters. The third kappa shape index (κ3) is 6.26. The lowest BCUT2D eigenvalue weighted by atomic mass is 9.86. The number of nitrogens with zero attached hydrogens (tertiary/aromatic N) is 3. The first-order valence-electron chi connectivity index (χ1n) is 9.11. The Balaban J connectivity index is 1.83. The van der Waals surface area contributed by atoms with Crippen LogP contribution in [0.5, 0.6) is 0 Å². The Hall–Kier alpha value is -2.58. The summed E-state index contributed by atoms with van der Waals surface area (Å²) in [6.45, 7) is 7.53. The maximum absolute atomic E-state index is 9.42. The van der Waals surface area contributed by atoms with Gasteiger partial charge in [0.15, 0.2) is 0 Å². The molecular formula is C21H26ClN5. The molecule has 1 heterocycles. The van der Waals surface area contributed by atoms with Crippen LogP contribution >= 0.6 is 11.6 Å². The fourth-order valence-corrected chi connectivity index (χ4v) is 2.86. The SMILES string of the molecule is CC/C(C)=C/C(C)(C#N)C/C=C/NCCNc1nc(Cl)nc2ccccc12. The number of rotatable bonds is 9. The maximum Gasteiger partial charge on any atom is 0.224 e. The van der Waals surface area contributed by atoms with Crippen molar-refractivity contribution in [2.45, 2.75) is 33.6 Å². The zero-order valence-electron chi connectivity index (χ0n) is 16.1. The van der Waals surface area contributed by atoms with E-state index >= 15 is 0 Å². The summed E-state index contributed by atoms with van der Waals surface area (Å²) in [5.41, 5.74) is 1.59. The summed E-state index contributed by atoms with van der Waals surface area (Å²) in [4.78, 5) is 8.49. The van der Waals surface area contributed by atoms with Gasteiger partial charge in [-0.25, -0.2) is 9.97 Å².